The molecule has 0 spiro atoms. The van der Waals surface area contributed by atoms with Crippen molar-refractivity contribution < 1.29 is 0 Å². The van der Waals surface area contributed by atoms with Crippen LogP contribution in [0.25, 0.3) is 0 Å². The van der Waals surface area contributed by atoms with Crippen LogP contribution in [-0.2, 0) is 0 Å². The van der Waals surface area contributed by atoms with Gasteiger partial charge in [0.2, 0.25) is 0 Å². The van der Waals surface area contributed by atoms with E-state index in [1.165, 1.54) is 89.9 Å². The van der Waals surface area contributed by atoms with E-state index in [1.54, 1.807) is 0 Å². The van der Waals surface area contributed by atoms with Crippen molar-refractivity contribution >= 4 is 0 Å². The minimum absolute atomic E-state index is 0.698. The lowest BCUT2D eigenvalue weighted by atomic mass is 10.0. The molecule has 0 fully saturated rings. The first-order valence-corrected chi connectivity index (χ1v) is 9.93. The molecule has 0 aliphatic rings. The second-order valence-corrected chi connectivity index (χ2v) is 6.55. The first-order chi connectivity index (χ1) is 10.9. The molecule has 0 N–H and O–H groups in total. The van der Waals surface area contributed by atoms with Gasteiger partial charge in [0.15, 0.2) is 0 Å². The van der Waals surface area contributed by atoms with Crippen molar-refractivity contribution in [1.82, 2.24) is 0 Å². The molecule has 0 atom stereocenters. The van der Waals surface area contributed by atoms with E-state index in [2.05, 4.69) is 25.1 Å². The molecular weight excluding hydrogens is 266 g/mol. The minimum atomic E-state index is 0.698. The zero-order chi connectivity index (χ0) is 16.1. The second-order valence-electron chi connectivity index (χ2n) is 6.55. The number of rotatable bonds is 17. The maximum absolute atomic E-state index is 8.43. The van der Waals surface area contributed by atoms with Gasteiger partial charge in [-0.25, -0.2) is 0 Å². The molecule has 22 heavy (non-hydrogen) atoms. The van der Waals surface area contributed by atoms with Crippen LogP contribution in [0.5, 0.6) is 0 Å². The van der Waals surface area contributed by atoms with E-state index in [1.807, 2.05) is 0 Å². The smallest absolute Gasteiger partial charge is 0.0621 e. The summed E-state index contributed by atoms with van der Waals surface area (Å²) in [6.07, 6.45) is 27.1. The summed E-state index contributed by atoms with van der Waals surface area (Å²) in [5.41, 5.74) is 0. The first-order valence-electron chi connectivity index (χ1n) is 9.93. The molecule has 0 aliphatic heterocycles. The van der Waals surface area contributed by atoms with Gasteiger partial charge in [-0.15, -0.1) is 0 Å². The maximum Gasteiger partial charge on any atom is 0.0621 e. The summed E-state index contributed by atoms with van der Waals surface area (Å²) in [5.74, 6) is 0. The molecule has 128 valence electrons. The third-order valence-corrected chi connectivity index (χ3v) is 4.30. The highest BCUT2D eigenvalue weighted by atomic mass is 14.2. The lowest BCUT2D eigenvalue weighted by Gasteiger charge is -2.02. The predicted molar refractivity (Wildman–Crippen MR) is 98.9 cm³/mol. The fourth-order valence-electron chi connectivity index (χ4n) is 2.81. The molecule has 0 radical (unpaired) electrons. The molecule has 0 aromatic heterocycles. The summed E-state index contributed by atoms with van der Waals surface area (Å²) in [7, 11) is 0. The summed E-state index contributed by atoms with van der Waals surface area (Å²) < 4.78 is 0. The SMILES string of the molecule is CCCCCCCCCCCCCCCC=CCCCC#N. The molecular formula is C21H39N. The van der Waals surface area contributed by atoms with Crippen LogP contribution in [-0.4, -0.2) is 0 Å². The first kappa shape index (κ1) is 21.2. The Balaban J connectivity index is 3.01. The summed E-state index contributed by atoms with van der Waals surface area (Å²) in [6, 6.07) is 2.19. The lowest BCUT2D eigenvalue weighted by Crippen LogP contribution is -1.82. The highest BCUT2D eigenvalue weighted by molar-refractivity contribution is 4.82. The summed E-state index contributed by atoms with van der Waals surface area (Å²) in [5, 5.41) is 8.43. The van der Waals surface area contributed by atoms with E-state index in [0.717, 1.165) is 12.8 Å². The Morgan fingerprint density at radius 3 is 1.45 bits per heavy atom. The quantitative estimate of drug-likeness (QED) is 0.199. The molecule has 0 aromatic rings. The van der Waals surface area contributed by atoms with E-state index < -0.39 is 0 Å². The van der Waals surface area contributed by atoms with E-state index in [-0.39, 0.29) is 0 Å². The van der Waals surface area contributed by atoms with Crippen LogP contribution >= 0.6 is 0 Å². The van der Waals surface area contributed by atoms with Crippen molar-refractivity contribution in [2.75, 3.05) is 0 Å². The number of nitriles is 1. The Kier molecular flexibility index (Phi) is 19.5. The van der Waals surface area contributed by atoms with Crippen LogP contribution in [0.2, 0.25) is 0 Å². The van der Waals surface area contributed by atoms with Crippen molar-refractivity contribution in [1.29, 1.82) is 5.26 Å². The molecule has 0 amide bonds. The average Bonchev–Trinajstić information content (AvgIpc) is 2.54. The van der Waals surface area contributed by atoms with Crippen molar-refractivity contribution in [3.05, 3.63) is 12.2 Å². The van der Waals surface area contributed by atoms with Gasteiger partial charge in [0, 0.05) is 6.42 Å². The Morgan fingerprint density at radius 2 is 1.00 bits per heavy atom. The zero-order valence-corrected chi connectivity index (χ0v) is 15.1. The Labute approximate surface area is 140 Å². The fraction of sp³-hybridized carbons (Fsp3) is 0.857. The van der Waals surface area contributed by atoms with Crippen molar-refractivity contribution in [2.24, 2.45) is 0 Å². The number of nitrogens with zero attached hydrogens (tertiary/aromatic N) is 1. The highest BCUT2D eigenvalue weighted by Gasteiger charge is 1.93. The molecule has 0 bridgehead atoms. The Bertz CT molecular complexity index is 262. The monoisotopic (exact) mass is 305 g/mol. The molecule has 0 heterocycles. The van der Waals surface area contributed by atoms with Crippen LogP contribution in [0.4, 0.5) is 0 Å². The maximum atomic E-state index is 8.43. The molecule has 0 aromatic carbocycles. The topological polar surface area (TPSA) is 23.8 Å². The van der Waals surface area contributed by atoms with E-state index in [4.69, 9.17) is 5.26 Å². The van der Waals surface area contributed by atoms with Crippen LogP contribution in [0.15, 0.2) is 12.2 Å². The average molecular weight is 306 g/mol. The summed E-state index contributed by atoms with van der Waals surface area (Å²) in [4.78, 5) is 0. The molecule has 0 rings (SSSR count). The molecule has 0 saturated carbocycles. The van der Waals surface area contributed by atoms with Gasteiger partial charge in [0.1, 0.15) is 0 Å². The zero-order valence-electron chi connectivity index (χ0n) is 15.1. The Hall–Kier alpha value is -0.770. The molecule has 0 aliphatic carbocycles. The number of hydrogen-bond donors (Lipinski definition) is 0. The van der Waals surface area contributed by atoms with Crippen molar-refractivity contribution in [3.8, 4) is 6.07 Å². The Morgan fingerprint density at radius 1 is 0.591 bits per heavy atom. The van der Waals surface area contributed by atoms with Crippen LogP contribution in [0.3, 0.4) is 0 Å². The molecule has 0 saturated heterocycles. The highest BCUT2D eigenvalue weighted by Crippen LogP contribution is 2.13. The van der Waals surface area contributed by atoms with Gasteiger partial charge < -0.3 is 0 Å². The van der Waals surface area contributed by atoms with Gasteiger partial charge >= 0.3 is 0 Å². The van der Waals surface area contributed by atoms with E-state index >= 15 is 0 Å². The van der Waals surface area contributed by atoms with Gasteiger partial charge in [-0.05, 0) is 25.7 Å². The second kappa shape index (κ2) is 20.2. The summed E-state index contributed by atoms with van der Waals surface area (Å²) >= 11 is 0. The predicted octanol–water partition coefficient (Wildman–Crippen LogP) is 7.72. The minimum Gasteiger partial charge on any atom is -0.198 e. The summed E-state index contributed by atoms with van der Waals surface area (Å²) in [6.45, 7) is 2.29. The normalized spacial score (nSPS) is 11.1. The van der Waals surface area contributed by atoms with E-state index in [0.29, 0.717) is 6.42 Å². The number of hydrogen-bond acceptors (Lipinski definition) is 1. The van der Waals surface area contributed by atoms with Gasteiger partial charge in [-0.3, -0.25) is 0 Å². The number of allylic oxidation sites excluding steroid dienone is 2. The van der Waals surface area contributed by atoms with Gasteiger partial charge in [0.05, 0.1) is 6.07 Å². The largest absolute Gasteiger partial charge is 0.198 e. The standard InChI is InChI=1S/C21H39N/c1-2-3-4-5-6-7-8-9-10-11-12-13-14-15-16-17-18-19-20-21-22/h16-17H,2-15,18-20H2,1H3. The van der Waals surface area contributed by atoms with Gasteiger partial charge in [0.25, 0.3) is 0 Å². The fourth-order valence-corrected chi connectivity index (χ4v) is 2.81. The number of unbranched alkanes of at least 4 members (excludes halogenated alkanes) is 15. The third kappa shape index (κ3) is 19.2. The molecule has 0 unspecified atom stereocenters. The van der Waals surface area contributed by atoms with Crippen LogP contribution in [0, 0.1) is 11.3 Å². The third-order valence-electron chi connectivity index (χ3n) is 4.30. The van der Waals surface area contributed by atoms with Crippen LogP contribution in [0.1, 0.15) is 116 Å². The van der Waals surface area contributed by atoms with Crippen molar-refractivity contribution in [3.63, 3.8) is 0 Å². The van der Waals surface area contributed by atoms with Crippen molar-refractivity contribution in [2.45, 2.75) is 116 Å². The lowest BCUT2D eigenvalue weighted by molar-refractivity contribution is 0.540. The van der Waals surface area contributed by atoms with E-state index in [9.17, 15) is 0 Å². The van der Waals surface area contributed by atoms with Crippen LogP contribution < -0.4 is 0 Å². The van der Waals surface area contributed by atoms with Gasteiger partial charge in [-0.2, -0.15) is 5.26 Å². The van der Waals surface area contributed by atoms with Gasteiger partial charge in [-0.1, -0.05) is 96.1 Å². The molecule has 1 nitrogen and oxygen atoms in total. The molecule has 1 heteroatoms.